The molecule has 0 radical (unpaired) electrons. The van der Waals surface area contributed by atoms with Crippen molar-refractivity contribution in [2.75, 3.05) is 0 Å². The molecule has 0 aliphatic heterocycles. The molecule has 0 aliphatic rings. The molecule has 0 aliphatic carbocycles. The second kappa shape index (κ2) is 7.51. The van der Waals surface area contributed by atoms with Crippen molar-refractivity contribution < 1.29 is 9.90 Å². The maximum atomic E-state index is 13.2. The van der Waals surface area contributed by atoms with Crippen LogP contribution in [0, 0.1) is 5.41 Å². The van der Waals surface area contributed by atoms with Gasteiger partial charge in [0.05, 0.1) is 0 Å². The Hall–Kier alpha value is -3.07. The molecule has 28 heavy (non-hydrogen) atoms. The summed E-state index contributed by atoms with van der Waals surface area (Å²) >= 11 is 0. The molecular formula is C25H27NO2. The van der Waals surface area contributed by atoms with Crippen LogP contribution in [0.15, 0.2) is 78.9 Å². The van der Waals surface area contributed by atoms with E-state index in [0.717, 1.165) is 22.3 Å². The Morgan fingerprint density at radius 3 is 1.75 bits per heavy atom. The highest BCUT2D eigenvalue weighted by molar-refractivity contribution is 5.95. The highest BCUT2D eigenvalue weighted by atomic mass is 16.3. The van der Waals surface area contributed by atoms with E-state index in [1.807, 2.05) is 66.7 Å². The molecule has 3 nitrogen and oxygen atoms in total. The smallest absolute Gasteiger partial charge is 0.237 e. The number of phenols is 1. The van der Waals surface area contributed by atoms with Gasteiger partial charge in [-0.05, 0) is 40.2 Å². The fourth-order valence-corrected chi connectivity index (χ4v) is 3.91. The van der Waals surface area contributed by atoms with Gasteiger partial charge in [-0.15, -0.1) is 0 Å². The molecule has 3 N–H and O–H groups in total. The van der Waals surface area contributed by atoms with Crippen LogP contribution in [0.25, 0.3) is 0 Å². The summed E-state index contributed by atoms with van der Waals surface area (Å²) in [5, 5.41) is 10.7. The predicted octanol–water partition coefficient (Wildman–Crippen LogP) is 4.80. The quantitative estimate of drug-likeness (QED) is 0.631. The molecule has 0 spiro atoms. The standard InChI is InChI=1S/C25H27NO2/c1-24(2,3)17-20-21(15-10-16-22(20)27)25(23(26)28,18-11-6-4-7-12-18)19-13-8-5-9-14-19/h4-16,27H,17H2,1-3H3,(H2,26,28). The first kappa shape index (κ1) is 19.7. The number of rotatable bonds is 5. The number of carbonyl (C=O) groups excluding carboxylic acids is 1. The number of aromatic hydroxyl groups is 1. The average molecular weight is 373 g/mol. The third kappa shape index (κ3) is 3.53. The van der Waals surface area contributed by atoms with Gasteiger partial charge in [-0.25, -0.2) is 0 Å². The Morgan fingerprint density at radius 2 is 1.32 bits per heavy atom. The van der Waals surface area contributed by atoms with Crippen LogP contribution in [-0.4, -0.2) is 11.0 Å². The van der Waals surface area contributed by atoms with E-state index in [1.165, 1.54) is 0 Å². The van der Waals surface area contributed by atoms with Crippen LogP contribution >= 0.6 is 0 Å². The Balaban J connectivity index is 2.43. The zero-order valence-electron chi connectivity index (χ0n) is 16.6. The lowest BCUT2D eigenvalue weighted by atomic mass is 9.66. The number of hydrogen-bond donors (Lipinski definition) is 2. The molecule has 0 atom stereocenters. The van der Waals surface area contributed by atoms with Crippen LogP contribution in [0.4, 0.5) is 0 Å². The zero-order chi connectivity index (χ0) is 20.4. The maximum absolute atomic E-state index is 13.2. The fourth-order valence-electron chi connectivity index (χ4n) is 3.91. The first-order chi connectivity index (χ1) is 13.3. The second-order valence-corrected chi connectivity index (χ2v) is 8.39. The minimum Gasteiger partial charge on any atom is -0.508 e. The number of benzene rings is 3. The number of phenolic OH excluding ortho intramolecular Hbond substituents is 1. The van der Waals surface area contributed by atoms with Crippen LogP contribution in [0.2, 0.25) is 0 Å². The predicted molar refractivity (Wildman–Crippen MR) is 113 cm³/mol. The van der Waals surface area contributed by atoms with E-state index >= 15 is 0 Å². The van der Waals surface area contributed by atoms with Gasteiger partial charge >= 0.3 is 0 Å². The highest BCUT2D eigenvalue weighted by Crippen LogP contribution is 2.44. The lowest BCUT2D eigenvalue weighted by Gasteiger charge is -2.35. The van der Waals surface area contributed by atoms with Crippen molar-refractivity contribution in [2.45, 2.75) is 32.6 Å². The minimum atomic E-state index is -1.19. The summed E-state index contributed by atoms with van der Waals surface area (Å²) in [5.74, 6) is -0.282. The Labute approximate surface area is 166 Å². The van der Waals surface area contributed by atoms with Gasteiger partial charge in [0.2, 0.25) is 5.91 Å². The van der Waals surface area contributed by atoms with Crippen molar-refractivity contribution in [2.24, 2.45) is 11.1 Å². The maximum Gasteiger partial charge on any atom is 0.237 e. The van der Waals surface area contributed by atoms with Crippen LogP contribution < -0.4 is 5.73 Å². The SMILES string of the molecule is CC(C)(C)Cc1c(O)cccc1C(C(N)=O)(c1ccccc1)c1ccccc1. The number of primary amides is 1. The van der Waals surface area contributed by atoms with Gasteiger partial charge in [0.1, 0.15) is 11.2 Å². The van der Waals surface area contributed by atoms with E-state index in [2.05, 4.69) is 20.8 Å². The highest BCUT2D eigenvalue weighted by Gasteiger charge is 2.44. The van der Waals surface area contributed by atoms with Gasteiger partial charge in [-0.3, -0.25) is 4.79 Å². The first-order valence-electron chi connectivity index (χ1n) is 9.49. The summed E-state index contributed by atoms with van der Waals surface area (Å²) in [5.41, 5.74) is 7.91. The van der Waals surface area contributed by atoms with Crippen LogP contribution in [0.1, 0.15) is 43.0 Å². The summed E-state index contributed by atoms with van der Waals surface area (Å²) in [6, 6.07) is 24.5. The van der Waals surface area contributed by atoms with Crippen LogP contribution in [0.5, 0.6) is 5.75 Å². The topological polar surface area (TPSA) is 63.3 Å². The van der Waals surface area contributed by atoms with E-state index in [0.29, 0.717) is 6.42 Å². The third-order valence-corrected chi connectivity index (χ3v) is 5.05. The van der Waals surface area contributed by atoms with Crippen LogP contribution in [-0.2, 0) is 16.6 Å². The number of amides is 1. The largest absolute Gasteiger partial charge is 0.508 e. The molecule has 0 saturated heterocycles. The zero-order valence-corrected chi connectivity index (χ0v) is 16.6. The van der Waals surface area contributed by atoms with Gasteiger partial charge in [-0.1, -0.05) is 93.6 Å². The van der Waals surface area contributed by atoms with Gasteiger partial charge in [0.25, 0.3) is 0 Å². The fraction of sp³-hybridized carbons (Fsp3) is 0.240. The molecule has 1 amide bonds. The van der Waals surface area contributed by atoms with E-state index in [-0.39, 0.29) is 11.2 Å². The van der Waals surface area contributed by atoms with Gasteiger partial charge in [-0.2, -0.15) is 0 Å². The summed E-state index contributed by atoms with van der Waals surface area (Å²) < 4.78 is 0. The summed E-state index contributed by atoms with van der Waals surface area (Å²) in [6.45, 7) is 6.33. The van der Waals surface area contributed by atoms with Gasteiger partial charge < -0.3 is 10.8 Å². The second-order valence-electron chi connectivity index (χ2n) is 8.39. The summed E-state index contributed by atoms with van der Waals surface area (Å²) in [6.07, 6.45) is 0.615. The molecule has 144 valence electrons. The third-order valence-electron chi connectivity index (χ3n) is 5.05. The van der Waals surface area contributed by atoms with Gasteiger partial charge in [0.15, 0.2) is 0 Å². The molecular weight excluding hydrogens is 346 g/mol. The van der Waals surface area contributed by atoms with Crippen molar-refractivity contribution in [3.63, 3.8) is 0 Å². The molecule has 0 aromatic heterocycles. The summed E-state index contributed by atoms with van der Waals surface area (Å²) in [7, 11) is 0. The average Bonchev–Trinajstić information content (AvgIpc) is 2.65. The molecule has 3 heteroatoms. The number of hydrogen-bond acceptors (Lipinski definition) is 2. The minimum absolute atomic E-state index is 0.0790. The molecule has 0 unspecified atom stereocenters. The summed E-state index contributed by atoms with van der Waals surface area (Å²) in [4.78, 5) is 13.2. The van der Waals surface area contributed by atoms with E-state index in [9.17, 15) is 9.90 Å². The lowest BCUT2D eigenvalue weighted by molar-refractivity contribution is -0.121. The van der Waals surface area contributed by atoms with E-state index < -0.39 is 11.3 Å². The van der Waals surface area contributed by atoms with Crippen molar-refractivity contribution >= 4 is 5.91 Å². The molecule has 0 fully saturated rings. The van der Waals surface area contributed by atoms with Crippen molar-refractivity contribution in [3.8, 4) is 5.75 Å². The molecule has 0 saturated carbocycles. The van der Waals surface area contributed by atoms with E-state index in [4.69, 9.17) is 5.73 Å². The molecule has 3 aromatic carbocycles. The number of nitrogens with two attached hydrogens (primary N) is 1. The normalized spacial score (nSPS) is 12.0. The van der Waals surface area contributed by atoms with Crippen molar-refractivity contribution in [3.05, 3.63) is 101 Å². The lowest BCUT2D eigenvalue weighted by Crippen LogP contribution is -2.44. The van der Waals surface area contributed by atoms with Crippen molar-refractivity contribution in [1.29, 1.82) is 0 Å². The van der Waals surface area contributed by atoms with Crippen molar-refractivity contribution in [1.82, 2.24) is 0 Å². The molecule has 3 aromatic rings. The Kier molecular flexibility index (Phi) is 5.28. The monoisotopic (exact) mass is 373 g/mol. The molecule has 0 bridgehead atoms. The Bertz CT molecular complexity index is 917. The Morgan fingerprint density at radius 1 is 0.821 bits per heavy atom. The number of carbonyl (C=O) groups is 1. The van der Waals surface area contributed by atoms with Gasteiger partial charge in [0, 0.05) is 0 Å². The molecule has 0 heterocycles. The first-order valence-corrected chi connectivity index (χ1v) is 9.49. The van der Waals surface area contributed by atoms with E-state index in [1.54, 1.807) is 12.1 Å². The molecule has 3 rings (SSSR count). The van der Waals surface area contributed by atoms with Crippen LogP contribution in [0.3, 0.4) is 0 Å².